The molecule has 20 heavy (non-hydrogen) atoms. The minimum atomic E-state index is -0.184. The summed E-state index contributed by atoms with van der Waals surface area (Å²) in [5, 5.41) is 0. The molecule has 0 saturated carbocycles. The maximum Gasteiger partial charge on any atom is 0.333 e. The summed E-state index contributed by atoms with van der Waals surface area (Å²) in [6.07, 6.45) is 10.2. The van der Waals surface area contributed by atoms with Gasteiger partial charge < -0.3 is 4.74 Å². The Hall–Kier alpha value is -0.790. The second-order valence-electron chi connectivity index (χ2n) is 5.79. The van der Waals surface area contributed by atoms with Gasteiger partial charge >= 0.3 is 5.97 Å². The molecule has 0 aromatic heterocycles. The Balaban J connectivity index is 5.09. The van der Waals surface area contributed by atoms with E-state index in [4.69, 9.17) is 4.74 Å². The van der Waals surface area contributed by atoms with Crippen molar-refractivity contribution in [3.63, 3.8) is 0 Å². The van der Waals surface area contributed by atoms with Crippen LogP contribution in [0.4, 0.5) is 0 Å². The molecule has 0 radical (unpaired) electrons. The molecular weight excluding hydrogens is 248 g/mol. The van der Waals surface area contributed by atoms with Gasteiger partial charge in [0.05, 0.1) is 6.61 Å². The maximum absolute atomic E-state index is 12.2. The van der Waals surface area contributed by atoms with Gasteiger partial charge in [-0.25, -0.2) is 4.79 Å². The van der Waals surface area contributed by atoms with Crippen molar-refractivity contribution in [2.45, 2.75) is 85.5 Å². The maximum atomic E-state index is 12.2. The van der Waals surface area contributed by atoms with E-state index in [1.165, 1.54) is 0 Å². The van der Waals surface area contributed by atoms with Gasteiger partial charge in [-0.3, -0.25) is 0 Å². The number of rotatable bonds is 12. The highest BCUT2D eigenvalue weighted by Gasteiger charge is 2.35. The van der Waals surface area contributed by atoms with Crippen LogP contribution in [0.3, 0.4) is 0 Å². The van der Waals surface area contributed by atoms with E-state index in [9.17, 15) is 4.79 Å². The molecule has 2 heteroatoms. The molecular formula is C18H34O2. The highest BCUT2D eigenvalue weighted by molar-refractivity contribution is 5.89. The summed E-state index contributed by atoms with van der Waals surface area (Å²) in [5.74, 6) is -0.184. The number of unbranched alkanes of at least 4 members (excludes halogenated alkanes) is 3. The summed E-state index contributed by atoms with van der Waals surface area (Å²) < 4.78 is 5.21. The van der Waals surface area contributed by atoms with Gasteiger partial charge in [0.15, 0.2) is 0 Å². The first-order chi connectivity index (χ1) is 9.57. The number of carbonyl (C=O) groups excluding carboxylic acids is 1. The summed E-state index contributed by atoms with van der Waals surface area (Å²) in [6, 6.07) is 0. The summed E-state index contributed by atoms with van der Waals surface area (Å²) >= 11 is 0. The van der Waals surface area contributed by atoms with Crippen LogP contribution in [0, 0.1) is 5.41 Å². The number of ether oxygens (including phenoxy) is 1. The average molecular weight is 282 g/mol. The van der Waals surface area contributed by atoms with E-state index in [1.54, 1.807) is 0 Å². The largest absolute Gasteiger partial charge is 0.463 e. The number of carbonyl (C=O) groups is 1. The second kappa shape index (κ2) is 10.9. The molecule has 0 fully saturated rings. The third kappa shape index (κ3) is 6.11. The van der Waals surface area contributed by atoms with E-state index in [1.807, 2.05) is 6.92 Å². The quantitative estimate of drug-likeness (QED) is 0.341. The van der Waals surface area contributed by atoms with Crippen molar-refractivity contribution in [2.75, 3.05) is 6.61 Å². The fourth-order valence-corrected chi connectivity index (χ4v) is 2.81. The predicted octanol–water partition coefficient (Wildman–Crippen LogP) is 5.66. The molecule has 2 nitrogen and oxygen atoms in total. The standard InChI is InChI=1S/C18H34O2/c1-6-10-13-18(14-11-7-2,15-12-8-3)16(5)17(19)20-9-4/h5-15H2,1-4H3. The fourth-order valence-electron chi connectivity index (χ4n) is 2.81. The van der Waals surface area contributed by atoms with Crippen molar-refractivity contribution in [3.8, 4) is 0 Å². The van der Waals surface area contributed by atoms with Crippen LogP contribution < -0.4 is 0 Å². The molecule has 0 aliphatic carbocycles. The lowest BCUT2D eigenvalue weighted by molar-refractivity contribution is -0.140. The Labute approximate surface area is 126 Å². The summed E-state index contributed by atoms with van der Waals surface area (Å²) in [5.41, 5.74) is 0.684. The average Bonchev–Trinajstić information content (AvgIpc) is 2.46. The monoisotopic (exact) mass is 282 g/mol. The zero-order valence-corrected chi connectivity index (χ0v) is 14.1. The molecule has 0 heterocycles. The Morgan fingerprint density at radius 2 is 1.30 bits per heavy atom. The van der Waals surface area contributed by atoms with E-state index in [-0.39, 0.29) is 11.4 Å². The van der Waals surface area contributed by atoms with Gasteiger partial charge in [-0.15, -0.1) is 0 Å². The van der Waals surface area contributed by atoms with Crippen LogP contribution in [0.5, 0.6) is 0 Å². The molecule has 0 amide bonds. The van der Waals surface area contributed by atoms with Gasteiger partial charge in [-0.05, 0) is 26.2 Å². The summed E-state index contributed by atoms with van der Waals surface area (Å²) in [4.78, 5) is 12.2. The third-order valence-corrected chi connectivity index (χ3v) is 4.19. The topological polar surface area (TPSA) is 26.3 Å². The van der Waals surface area contributed by atoms with Gasteiger partial charge in [0, 0.05) is 11.0 Å². The van der Waals surface area contributed by atoms with Crippen LogP contribution in [0.15, 0.2) is 12.2 Å². The fraction of sp³-hybridized carbons (Fsp3) is 0.833. The molecule has 0 aromatic carbocycles. The van der Waals surface area contributed by atoms with E-state index in [0.717, 1.165) is 63.4 Å². The lowest BCUT2D eigenvalue weighted by Crippen LogP contribution is -2.29. The first kappa shape index (κ1) is 19.2. The zero-order valence-electron chi connectivity index (χ0n) is 14.1. The molecule has 0 aliphatic rings. The molecule has 0 bridgehead atoms. The predicted molar refractivity (Wildman–Crippen MR) is 86.8 cm³/mol. The normalized spacial score (nSPS) is 11.4. The molecule has 0 unspecified atom stereocenters. The van der Waals surface area contributed by atoms with Gasteiger partial charge in [0.1, 0.15) is 0 Å². The molecule has 0 aliphatic heterocycles. The molecule has 0 aromatic rings. The van der Waals surface area contributed by atoms with Gasteiger partial charge in [-0.1, -0.05) is 65.9 Å². The lowest BCUT2D eigenvalue weighted by atomic mass is 9.69. The summed E-state index contributed by atoms with van der Waals surface area (Å²) in [6.45, 7) is 13.0. The number of hydrogen-bond acceptors (Lipinski definition) is 2. The van der Waals surface area contributed by atoms with Crippen molar-refractivity contribution in [3.05, 3.63) is 12.2 Å². The molecule has 0 atom stereocenters. The third-order valence-electron chi connectivity index (χ3n) is 4.19. The van der Waals surface area contributed by atoms with Crippen molar-refractivity contribution in [1.82, 2.24) is 0 Å². The van der Waals surface area contributed by atoms with E-state index < -0.39 is 0 Å². The van der Waals surface area contributed by atoms with Crippen molar-refractivity contribution in [1.29, 1.82) is 0 Å². The smallest absolute Gasteiger partial charge is 0.333 e. The van der Waals surface area contributed by atoms with Crippen molar-refractivity contribution >= 4 is 5.97 Å². The Kier molecular flexibility index (Phi) is 10.5. The Morgan fingerprint density at radius 3 is 1.60 bits per heavy atom. The number of hydrogen-bond donors (Lipinski definition) is 0. The first-order valence-corrected chi connectivity index (χ1v) is 8.44. The molecule has 0 rings (SSSR count). The van der Waals surface area contributed by atoms with E-state index >= 15 is 0 Å². The minimum absolute atomic E-state index is 0.0334. The van der Waals surface area contributed by atoms with Crippen LogP contribution >= 0.6 is 0 Å². The number of esters is 1. The van der Waals surface area contributed by atoms with E-state index in [2.05, 4.69) is 27.4 Å². The Bertz CT molecular complexity index is 259. The highest BCUT2D eigenvalue weighted by Crippen LogP contribution is 2.43. The molecule has 0 spiro atoms. The zero-order chi connectivity index (χ0) is 15.4. The van der Waals surface area contributed by atoms with Crippen LogP contribution in [-0.2, 0) is 9.53 Å². The minimum Gasteiger partial charge on any atom is -0.463 e. The van der Waals surface area contributed by atoms with Crippen LogP contribution in [-0.4, -0.2) is 12.6 Å². The Morgan fingerprint density at radius 1 is 0.900 bits per heavy atom. The van der Waals surface area contributed by atoms with Gasteiger partial charge in [0.25, 0.3) is 0 Å². The van der Waals surface area contributed by atoms with E-state index in [0.29, 0.717) is 6.61 Å². The van der Waals surface area contributed by atoms with Crippen LogP contribution in [0.25, 0.3) is 0 Å². The summed E-state index contributed by atoms with van der Waals surface area (Å²) in [7, 11) is 0. The highest BCUT2D eigenvalue weighted by atomic mass is 16.5. The van der Waals surface area contributed by atoms with Crippen molar-refractivity contribution < 1.29 is 9.53 Å². The molecule has 0 N–H and O–H groups in total. The second-order valence-corrected chi connectivity index (χ2v) is 5.79. The SMILES string of the molecule is C=C(C(=O)OCC)C(CCCC)(CCCC)CCCC. The molecule has 118 valence electrons. The van der Waals surface area contributed by atoms with Crippen LogP contribution in [0.2, 0.25) is 0 Å². The van der Waals surface area contributed by atoms with Gasteiger partial charge in [0.2, 0.25) is 0 Å². The van der Waals surface area contributed by atoms with Gasteiger partial charge in [-0.2, -0.15) is 0 Å². The first-order valence-electron chi connectivity index (χ1n) is 8.44. The molecule has 0 saturated heterocycles. The lowest BCUT2D eigenvalue weighted by Gasteiger charge is -2.35. The van der Waals surface area contributed by atoms with Crippen molar-refractivity contribution in [2.24, 2.45) is 5.41 Å². The van der Waals surface area contributed by atoms with Crippen LogP contribution in [0.1, 0.15) is 85.5 Å².